The first kappa shape index (κ1) is 32.7. The number of benzene rings is 2. The van der Waals surface area contributed by atoms with Crippen LogP contribution in [0.15, 0.2) is 52.7 Å². The first-order valence-corrected chi connectivity index (χ1v) is 16.5. The highest BCUT2D eigenvalue weighted by molar-refractivity contribution is 7.92. The minimum atomic E-state index is -4.35. The van der Waals surface area contributed by atoms with Crippen LogP contribution in [0, 0.1) is 42.1 Å². The molecule has 13 nitrogen and oxygen atoms in total. The summed E-state index contributed by atoms with van der Waals surface area (Å²) in [7, 11) is -4.35. The quantitative estimate of drug-likeness (QED) is 0.273. The van der Waals surface area contributed by atoms with Crippen LogP contribution in [-0.4, -0.2) is 56.0 Å². The van der Waals surface area contributed by atoms with Gasteiger partial charge in [0.1, 0.15) is 34.6 Å². The van der Waals surface area contributed by atoms with E-state index in [2.05, 4.69) is 44.2 Å². The van der Waals surface area contributed by atoms with Gasteiger partial charge in [-0.25, -0.2) is 27.7 Å². The summed E-state index contributed by atoms with van der Waals surface area (Å²) in [6.07, 6.45) is 7.70. The fraction of sp³-hybridized carbons (Fsp3) is 0.267. The molecule has 1 amide bonds. The molecule has 0 radical (unpaired) electrons. The topological polar surface area (TPSA) is 149 Å². The number of fused-ring (bicyclic) bond motifs is 3. The van der Waals surface area contributed by atoms with Gasteiger partial charge in [0.15, 0.2) is 12.4 Å². The minimum Gasteiger partial charge on any atom is -0.481 e. The van der Waals surface area contributed by atoms with Crippen LogP contribution in [0.3, 0.4) is 0 Å². The van der Waals surface area contributed by atoms with Gasteiger partial charge < -0.3 is 9.30 Å². The number of nitrogens with zero attached hydrogens (tertiary/aromatic N) is 8. The third-order valence-corrected chi connectivity index (χ3v) is 9.11. The Morgan fingerprint density at radius 3 is 2.62 bits per heavy atom. The normalized spacial score (nSPS) is 15.3. The van der Waals surface area contributed by atoms with Gasteiger partial charge in [-0.3, -0.25) is 14.4 Å². The molecular weight excluding hydrogens is 672 g/mol. The summed E-state index contributed by atoms with van der Waals surface area (Å²) in [5.41, 5.74) is 0.514. The van der Waals surface area contributed by atoms with E-state index in [9.17, 15) is 26.4 Å². The number of aryl methyl sites for hydroxylation is 1. The molecule has 18 heteroatoms. The number of ether oxygens (including phenoxy) is 1. The van der Waals surface area contributed by atoms with Crippen LogP contribution in [0.25, 0.3) is 5.78 Å². The number of terminal acetylenes is 1. The van der Waals surface area contributed by atoms with Gasteiger partial charge in [-0.2, -0.15) is 17.8 Å². The van der Waals surface area contributed by atoms with Gasteiger partial charge in [0.05, 0.1) is 12.2 Å². The van der Waals surface area contributed by atoms with Crippen LogP contribution in [0.4, 0.5) is 30.2 Å². The van der Waals surface area contributed by atoms with Crippen molar-refractivity contribution in [2.24, 2.45) is 10.4 Å². The highest BCUT2D eigenvalue weighted by Crippen LogP contribution is 2.37. The second kappa shape index (κ2) is 12.4. The number of aromatic nitrogens is 6. The van der Waals surface area contributed by atoms with Crippen molar-refractivity contribution in [2.45, 2.75) is 38.9 Å². The molecule has 0 unspecified atom stereocenters. The summed E-state index contributed by atoms with van der Waals surface area (Å²) in [5.74, 6) is 0.905. The Hall–Kier alpha value is -5.28. The monoisotopic (exact) mass is 697 g/mol. The molecule has 0 saturated heterocycles. The molecule has 0 fully saturated rings. The van der Waals surface area contributed by atoms with E-state index < -0.39 is 38.3 Å². The van der Waals surface area contributed by atoms with Crippen LogP contribution in [-0.2, 0) is 27.8 Å². The average molecular weight is 698 g/mol. The maximum atomic E-state index is 14.5. The van der Waals surface area contributed by atoms with Crippen molar-refractivity contribution in [1.29, 1.82) is 0 Å². The van der Waals surface area contributed by atoms with E-state index in [4.69, 9.17) is 11.2 Å². The van der Waals surface area contributed by atoms with Gasteiger partial charge in [0.25, 0.3) is 26.9 Å². The number of para-hydroxylation sites is 1. The first-order chi connectivity index (χ1) is 22.7. The van der Waals surface area contributed by atoms with Gasteiger partial charge in [-0.05, 0) is 36.6 Å². The zero-order valence-electron chi connectivity index (χ0n) is 25.6. The molecule has 2 aliphatic heterocycles. The van der Waals surface area contributed by atoms with Gasteiger partial charge in [0, 0.05) is 42.5 Å². The number of carbonyl (C=O) groups is 1. The standard InChI is InChI=1S/C18H17FN4O2S.C12H9F2N5O2S/c1-4-5-22-13-7-12(11(19)6-14(13)25-9-16(22)24)20-17-23-10-18(2,3)8-15(23)21-26-17;1-7-5-6-19-11(15-7)16-12(17-19)22(20,21)18-10-8(13)3-2-4-9(10)14/h1,6-7H,5,8-10H2,2-3H3;2-6,18H,1H3. The fourth-order valence-corrected chi connectivity index (χ4v) is 6.69. The fourth-order valence-electron chi connectivity index (χ4n) is 4.98. The number of hydrogen-bond acceptors (Lipinski definition) is 10. The molecule has 0 atom stereocenters. The third-order valence-electron chi connectivity index (χ3n) is 7.20. The van der Waals surface area contributed by atoms with Crippen LogP contribution in [0.2, 0.25) is 0 Å². The van der Waals surface area contributed by atoms with E-state index in [1.807, 2.05) is 4.57 Å². The number of sulfonamides is 1. The highest BCUT2D eigenvalue weighted by Gasteiger charge is 2.31. The van der Waals surface area contributed by atoms with Crippen molar-refractivity contribution in [3.63, 3.8) is 0 Å². The molecule has 248 valence electrons. The number of hydrogen-bond donors (Lipinski definition) is 1. The number of anilines is 2. The lowest BCUT2D eigenvalue weighted by Crippen LogP contribution is -2.39. The van der Waals surface area contributed by atoms with Gasteiger partial charge in [-0.1, -0.05) is 25.8 Å². The second-order valence-corrected chi connectivity index (χ2v) is 13.9. The van der Waals surface area contributed by atoms with Gasteiger partial charge in [0.2, 0.25) is 4.80 Å². The molecule has 7 rings (SSSR count). The molecule has 2 aromatic carbocycles. The Morgan fingerprint density at radius 1 is 1.15 bits per heavy atom. The molecule has 1 N–H and O–H groups in total. The molecule has 0 aliphatic carbocycles. The Kier molecular flexibility index (Phi) is 8.43. The van der Waals surface area contributed by atoms with E-state index in [0.29, 0.717) is 21.9 Å². The lowest BCUT2D eigenvalue weighted by Gasteiger charge is -2.28. The summed E-state index contributed by atoms with van der Waals surface area (Å²) in [6.45, 7) is 6.76. The van der Waals surface area contributed by atoms with E-state index in [-0.39, 0.29) is 35.9 Å². The van der Waals surface area contributed by atoms with Crippen LogP contribution >= 0.6 is 11.5 Å². The lowest BCUT2D eigenvalue weighted by atomic mass is 9.92. The van der Waals surface area contributed by atoms with Crippen molar-refractivity contribution < 1.29 is 31.1 Å². The molecule has 2 aliphatic rings. The summed E-state index contributed by atoms with van der Waals surface area (Å²) in [5, 5.41) is 3.10. The summed E-state index contributed by atoms with van der Waals surface area (Å²) in [6, 6.07) is 7.36. The molecule has 3 aromatic heterocycles. The van der Waals surface area contributed by atoms with Crippen LogP contribution < -0.4 is 19.2 Å². The van der Waals surface area contributed by atoms with Crippen molar-refractivity contribution >= 4 is 50.3 Å². The first-order valence-electron chi connectivity index (χ1n) is 14.2. The van der Waals surface area contributed by atoms with Crippen LogP contribution in [0.5, 0.6) is 5.75 Å². The number of nitrogens with one attached hydrogen (secondary N) is 1. The largest absolute Gasteiger partial charge is 0.481 e. The summed E-state index contributed by atoms with van der Waals surface area (Å²) < 4.78 is 80.6. The van der Waals surface area contributed by atoms with Gasteiger partial charge >= 0.3 is 0 Å². The maximum absolute atomic E-state index is 14.5. The second-order valence-electron chi connectivity index (χ2n) is 11.6. The SMILES string of the molecule is C#CCN1C(=O)COc2cc(F)c(N=c3snc4n3CC(C)(C)C4)cc21.Cc1ccn2nc(S(=O)(=O)Nc3c(F)cccc3F)nc2n1. The molecule has 48 heavy (non-hydrogen) atoms. The van der Waals surface area contributed by atoms with Crippen molar-refractivity contribution in [2.75, 3.05) is 22.8 Å². The van der Waals surface area contributed by atoms with E-state index >= 15 is 0 Å². The average Bonchev–Trinajstić information content (AvgIpc) is 3.70. The van der Waals surface area contributed by atoms with Crippen molar-refractivity contribution in [3.8, 4) is 18.1 Å². The number of halogens is 3. The predicted molar refractivity (Wildman–Crippen MR) is 169 cm³/mol. The molecule has 0 saturated carbocycles. The highest BCUT2D eigenvalue weighted by atomic mass is 32.2. The van der Waals surface area contributed by atoms with Gasteiger partial charge in [-0.15, -0.1) is 11.5 Å². The van der Waals surface area contributed by atoms with Crippen LogP contribution in [0.1, 0.15) is 25.4 Å². The van der Waals surface area contributed by atoms with E-state index in [0.717, 1.165) is 41.5 Å². The summed E-state index contributed by atoms with van der Waals surface area (Å²) in [4.78, 5) is 26.3. The Labute approximate surface area is 276 Å². The molecule has 0 bridgehead atoms. The number of amides is 1. The molecule has 0 spiro atoms. The van der Waals surface area contributed by atoms with Crippen molar-refractivity contribution in [3.05, 3.63) is 76.4 Å². The minimum absolute atomic E-state index is 0.0642. The van der Waals surface area contributed by atoms with E-state index in [1.165, 1.54) is 34.8 Å². The lowest BCUT2D eigenvalue weighted by molar-refractivity contribution is -0.121. The Bertz CT molecular complexity index is 2290. The Balaban J connectivity index is 0.000000170. The molecule has 5 heterocycles. The van der Waals surface area contributed by atoms with Crippen molar-refractivity contribution in [1.82, 2.24) is 28.5 Å². The molecule has 5 aromatic rings. The zero-order valence-corrected chi connectivity index (χ0v) is 27.2. The zero-order chi connectivity index (χ0) is 34.4. The predicted octanol–water partition coefficient (Wildman–Crippen LogP) is 3.77. The molecular formula is C30H26F3N9O4S2. The number of carbonyl (C=O) groups excluding carboxylic acids is 1. The Morgan fingerprint density at radius 2 is 1.90 bits per heavy atom. The maximum Gasteiger partial charge on any atom is 0.299 e. The van der Waals surface area contributed by atoms with E-state index in [1.54, 1.807) is 17.7 Å². The smallest absolute Gasteiger partial charge is 0.299 e. The third kappa shape index (κ3) is 6.46. The number of rotatable bonds is 5. The summed E-state index contributed by atoms with van der Waals surface area (Å²) >= 11 is 1.24.